The van der Waals surface area contributed by atoms with Gasteiger partial charge in [-0.3, -0.25) is 4.79 Å². The minimum atomic E-state index is -0.208. The quantitative estimate of drug-likeness (QED) is 0.401. The van der Waals surface area contributed by atoms with Crippen molar-refractivity contribution in [2.75, 3.05) is 12.4 Å². The predicted octanol–water partition coefficient (Wildman–Crippen LogP) is 4.92. The number of H-pyrrole nitrogens is 1. The molecule has 0 aliphatic rings. The van der Waals surface area contributed by atoms with E-state index in [1.165, 1.54) is 0 Å². The summed E-state index contributed by atoms with van der Waals surface area (Å²) in [4.78, 5) is 20.3. The van der Waals surface area contributed by atoms with E-state index in [1.54, 1.807) is 37.6 Å². The molecule has 158 valence electrons. The summed E-state index contributed by atoms with van der Waals surface area (Å²) in [6, 6.07) is 22.1. The average molecular weight is 436 g/mol. The molecule has 31 heavy (non-hydrogen) atoms. The molecule has 6 nitrogen and oxygen atoms in total. The van der Waals surface area contributed by atoms with Crippen LogP contribution >= 0.6 is 12.4 Å². The summed E-state index contributed by atoms with van der Waals surface area (Å²) in [5.74, 6) is 1.34. The number of aliphatic hydroxyl groups excluding tert-OH is 1. The highest BCUT2D eigenvalue weighted by molar-refractivity contribution is 6.04. The van der Waals surface area contributed by atoms with Gasteiger partial charge in [0.05, 0.1) is 25.6 Å². The predicted molar refractivity (Wildman–Crippen MR) is 124 cm³/mol. The molecule has 0 radical (unpaired) electrons. The molecule has 4 aromatic rings. The van der Waals surface area contributed by atoms with Crippen molar-refractivity contribution in [3.63, 3.8) is 0 Å². The summed E-state index contributed by atoms with van der Waals surface area (Å²) >= 11 is 0. The van der Waals surface area contributed by atoms with Crippen LogP contribution in [0.4, 0.5) is 5.69 Å². The molecule has 3 aromatic carbocycles. The summed E-state index contributed by atoms with van der Waals surface area (Å²) in [5, 5.41) is 12.0. The number of nitrogens with one attached hydrogen (secondary N) is 2. The van der Waals surface area contributed by atoms with Crippen LogP contribution in [0.5, 0.6) is 5.75 Å². The number of anilines is 1. The SMILES string of the molecule is COc1ccc(-c2ncc(-c3cccc(NC(=O)c4ccc(CO)cc4)c3)[nH]2)cc1.Cl. The first-order chi connectivity index (χ1) is 14.7. The second-order valence-electron chi connectivity index (χ2n) is 6.76. The minimum Gasteiger partial charge on any atom is -0.497 e. The van der Waals surface area contributed by atoms with Crippen LogP contribution in [-0.2, 0) is 6.61 Å². The van der Waals surface area contributed by atoms with Gasteiger partial charge >= 0.3 is 0 Å². The van der Waals surface area contributed by atoms with Gasteiger partial charge in [0.2, 0.25) is 0 Å². The fourth-order valence-corrected chi connectivity index (χ4v) is 3.09. The lowest BCUT2D eigenvalue weighted by molar-refractivity contribution is 0.102. The number of benzene rings is 3. The number of aliphatic hydroxyl groups is 1. The smallest absolute Gasteiger partial charge is 0.255 e. The van der Waals surface area contributed by atoms with E-state index in [4.69, 9.17) is 9.84 Å². The molecule has 0 fully saturated rings. The molecule has 0 aliphatic carbocycles. The Morgan fingerprint density at radius 1 is 1.03 bits per heavy atom. The average Bonchev–Trinajstić information content (AvgIpc) is 3.30. The van der Waals surface area contributed by atoms with Crippen molar-refractivity contribution in [2.24, 2.45) is 0 Å². The second-order valence-corrected chi connectivity index (χ2v) is 6.76. The number of imidazole rings is 1. The van der Waals surface area contributed by atoms with Crippen LogP contribution < -0.4 is 10.1 Å². The maximum atomic E-state index is 12.5. The van der Waals surface area contributed by atoms with Crippen molar-refractivity contribution in [1.82, 2.24) is 9.97 Å². The third-order valence-corrected chi connectivity index (χ3v) is 4.77. The van der Waals surface area contributed by atoms with Crippen molar-refractivity contribution in [2.45, 2.75) is 6.61 Å². The number of aromatic amines is 1. The number of carbonyl (C=O) groups excluding carboxylic acids is 1. The normalized spacial score (nSPS) is 10.3. The van der Waals surface area contributed by atoms with Crippen LogP contribution in [0, 0.1) is 0 Å². The molecular formula is C24H22ClN3O3. The Bertz CT molecular complexity index is 1160. The first-order valence-electron chi connectivity index (χ1n) is 9.47. The van der Waals surface area contributed by atoms with Crippen LogP contribution in [0.2, 0.25) is 0 Å². The fraction of sp³-hybridized carbons (Fsp3) is 0.0833. The van der Waals surface area contributed by atoms with Gasteiger partial charge < -0.3 is 20.1 Å². The molecule has 7 heteroatoms. The molecule has 0 bridgehead atoms. The van der Waals surface area contributed by atoms with Gasteiger partial charge in [-0.05, 0) is 54.1 Å². The third-order valence-electron chi connectivity index (χ3n) is 4.77. The number of nitrogens with zero attached hydrogens (tertiary/aromatic N) is 1. The monoisotopic (exact) mass is 435 g/mol. The van der Waals surface area contributed by atoms with Crippen molar-refractivity contribution in [3.05, 3.63) is 90.1 Å². The molecule has 1 amide bonds. The Hall–Kier alpha value is -3.61. The van der Waals surface area contributed by atoms with Gasteiger partial charge in [0.15, 0.2) is 0 Å². The zero-order valence-electron chi connectivity index (χ0n) is 16.8. The molecule has 0 unspecified atom stereocenters. The van der Waals surface area contributed by atoms with Crippen molar-refractivity contribution in [1.29, 1.82) is 0 Å². The van der Waals surface area contributed by atoms with Gasteiger partial charge in [-0.25, -0.2) is 4.98 Å². The Morgan fingerprint density at radius 3 is 2.45 bits per heavy atom. The summed E-state index contributed by atoms with van der Waals surface area (Å²) in [7, 11) is 1.63. The van der Waals surface area contributed by atoms with E-state index >= 15 is 0 Å². The lowest BCUT2D eigenvalue weighted by Crippen LogP contribution is -2.11. The second kappa shape index (κ2) is 9.93. The van der Waals surface area contributed by atoms with E-state index in [9.17, 15) is 4.79 Å². The Kier molecular flexibility index (Phi) is 7.07. The number of aromatic nitrogens is 2. The van der Waals surface area contributed by atoms with Crippen molar-refractivity contribution in [3.8, 4) is 28.4 Å². The van der Waals surface area contributed by atoms with Crippen LogP contribution in [0.15, 0.2) is 79.0 Å². The number of amides is 1. The number of rotatable bonds is 6. The zero-order valence-corrected chi connectivity index (χ0v) is 17.6. The largest absolute Gasteiger partial charge is 0.497 e. The van der Waals surface area contributed by atoms with E-state index in [1.807, 2.05) is 48.5 Å². The van der Waals surface area contributed by atoms with Gasteiger partial charge in [-0.2, -0.15) is 0 Å². The van der Waals surface area contributed by atoms with Gasteiger partial charge in [0.25, 0.3) is 5.91 Å². The molecule has 0 atom stereocenters. The molecule has 3 N–H and O–H groups in total. The van der Waals surface area contributed by atoms with Crippen LogP contribution in [-0.4, -0.2) is 28.1 Å². The van der Waals surface area contributed by atoms with E-state index in [-0.39, 0.29) is 24.9 Å². The summed E-state index contributed by atoms with van der Waals surface area (Å²) in [6.45, 7) is -0.0490. The van der Waals surface area contributed by atoms with Gasteiger partial charge in [0, 0.05) is 22.4 Å². The molecule has 0 saturated heterocycles. The maximum absolute atomic E-state index is 12.5. The fourth-order valence-electron chi connectivity index (χ4n) is 3.09. The molecule has 1 heterocycles. The van der Waals surface area contributed by atoms with Crippen molar-refractivity contribution >= 4 is 24.0 Å². The third kappa shape index (κ3) is 5.12. The highest BCUT2D eigenvalue weighted by Gasteiger charge is 2.09. The maximum Gasteiger partial charge on any atom is 0.255 e. The summed E-state index contributed by atoms with van der Waals surface area (Å²) in [6.07, 6.45) is 1.77. The number of hydrogen-bond acceptors (Lipinski definition) is 4. The minimum absolute atomic E-state index is 0. The van der Waals surface area contributed by atoms with Gasteiger partial charge in [-0.15, -0.1) is 12.4 Å². The number of methoxy groups -OCH3 is 1. The molecule has 0 spiro atoms. The lowest BCUT2D eigenvalue weighted by atomic mass is 10.1. The molecule has 0 saturated carbocycles. The standard InChI is InChI=1S/C24H21N3O3.ClH/c1-30-21-11-9-17(10-12-21)23-25-14-22(27-23)19-3-2-4-20(13-19)26-24(29)18-7-5-16(15-28)6-8-18;/h2-14,28H,15H2,1H3,(H,25,27)(H,26,29);1H. The Morgan fingerprint density at radius 2 is 1.77 bits per heavy atom. The number of halogens is 1. The zero-order chi connectivity index (χ0) is 20.9. The van der Waals surface area contributed by atoms with E-state index in [0.29, 0.717) is 11.3 Å². The van der Waals surface area contributed by atoms with E-state index < -0.39 is 0 Å². The lowest BCUT2D eigenvalue weighted by Gasteiger charge is -2.07. The van der Waals surface area contributed by atoms with Gasteiger partial charge in [-0.1, -0.05) is 24.3 Å². The van der Waals surface area contributed by atoms with Crippen LogP contribution in [0.1, 0.15) is 15.9 Å². The highest BCUT2D eigenvalue weighted by Crippen LogP contribution is 2.25. The topological polar surface area (TPSA) is 87.2 Å². The van der Waals surface area contributed by atoms with E-state index in [0.717, 1.165) is 34.0 Å². The summed E-state index contributed by atoms with van der Waals surface area (Å²) in [5.41, 5.74) is 4.70. The van der Waals surface area contributed by atoms with Crippen molar-refractivity contribution < 1.29 is 14.6 Å². The van der Waals surface area contributed by atoms with E-state index in [2.05, 4.69) is 15.3 Å². The Balaban J connectivity index is 0.00000272. The molecule has 4 rings (SSSR count). The molecule has 1 aromatic heterocycles. The Labute approximate surface area is 186 Å². The number of ether oxygens (including phenoxy) is 1. The number of hydrogen-bond donors (Lipinski definition) is 3. The first-order valence-corrected chi connectivity index (χ1v) is 9.47. The summed E-state index contributed by atoms with van der Waals surface area (Å²) < 4.78 is 5.19. The molecule has 0 aliphatic heterocycles. The van der Waals surface area contributed by atoms with Crippen LogP contribution in [0.25, 0.3) is 22.6 Å². The van der Waals surface area contributed by atoms with Gasteiger partial charge in [0.1, 0.15) is 11.6 Å². The highest BCUT2D eigenvalue weighted by atomic mass is 35.5. The first kappa shape index (κ1) is 22.1. The number of carbonyl (C=O) groups is 1. The van der Waals surface area contributed by atoms with Crippen LogP contribution in [0.3, 0.4) is 0 Å². The molecular weight excluding hydrogens is 414 g/mol.